The third-order valence-corrected chi connectivity index (χ3v) is 5.94. The highest BCUT2D eigenvalue weighted by Crippen LogP contribution is 2.25. The Hall–Kier alpha value is -2.19. The van der Waals surface area contributed by atoms with Crippen molar-refractivity contribution >= 4 is 39.8 Å². The Balaban J connectivity index is 1.53. The smallest absolute Gasteiger partial charge is 0.287 e. The van der Waals surface area contributed by atoms with E-state index >= 15 is 0 Å². The van der Waals surface area contributed by atoms with Crippen LogP contribution in [0.3, 0.4) is 0 Å². The van der Waals surface area contributed by atoms with Crippen molar-refractivity contribution in [3.63, 3.8) is 0 Å². The molecule has 1 fully saturated rings. The zero-order chi connectivity index (χ0) is 19.5. The molecule has 0 spiro atoms. The van der Waals surface area contributed by atoms with E-state index in [4.69, 9.17) is 20.8 Å². The third-order valence-electron chi connectivity index (χ3n) is 4.73. The number of benzene rings is 1. The highest BCUT2D eigenvalue weighted by atomic mass is 35.5. The molecular weight excluding hydrogens is 400 g/mol. The number of thiophene rings is 1. The summed E-state index contributed by atoms with van der Waals surface area (Å²) in [5, 5.41) is 5.74. The predicted molar refractivity (Wildman–Crippen MR) is 109 cm³/mol. The minimum absolute atomic E-state index is 0.00766. The number of amides is 1. The van der Waals surface area contributed by atoms with Crippen LogP contribution in [0.1, 0.15) is 21.5 Å². The van der Waals surface area contributed by atoms with Crippen molar-refractivity contribution in [3.05, 3.63) is 67.7 Å². The van der Waals surface area contributed by atoms with Crippen molar-refractivity contribution in [2.45, 2.75) is 6.04 Å². The van der Waals surface area contributed by atoms with E-state index in [1.54, 1.807) is 23.5 Å². The minimum atomic E-state index is -0.413. The lowest BCUT2D eigenvalue weighted by Gasteiger charge is -2.34. The minimum Gasteiger partial charge on any atom is -0.451 e. The second-order valence-corrected chi connectivity index (χ2v) is 7.92. The number of morpholine rings is 1. The molecule has 3 heterocycles. The summed E-state index contributed by atoms with van der Waals surface area (Å²) in [6.45, 7) is 3.39. The van der Waals surface area contributed by atoms with Crippen LogP contribution in [0.5, 0.6) is 0 Å². The number of carbonyl (C=O) groups is 1. The van der Waals surface area contributed by atoms with Gasteiger partial charge in [-0.1, -0.05) is 17.7 Å². The van der Waals surface area contributed by atoms with Crippen LogP contribution < -0.4 is 10.7 Å². The van der Waals surface area contributed by atoms with Gasteiger partial charge in [0, 0.05) is 35.6 Å². The fourth-order valence-corrected chi connectivity index (χ4v) is 4.33. The van der Waals surface area contributed by atoms with E-state index in [1.807, 2.05) is 11.4 Å². The number of rotatable bonds is 5. The van der Waals surface area contributed by atoms with Gasteiger partial charge in [-0.25, -0.2) is 0 Å². The van der Waals surface area contributed by atoms with Gasteiger partial charge < -0.3 is 14.5 Å². The standard InChI is InChI=1S/C20H19ClN2O4S/c21-13-3-4-17-14(10-13)16(24)11-18(27-17)20(25)22-12-15(19-2-1-9-28-19)23-5-7-26-8-6-23/h1-4,9-11,15H,5-8,12H2,(H,22,25). The average molecular weight is 419 g/mol. The number of fused-ring (bicyclic) bond motifs is 1. The normalized spacial score (nSPS) is 16.2. The van der Waals surface area contributed by atoms with Gasteiger partial charge in [-0.2, -0.15) is 0 Å². The van der Waals surface area contributed by atoms with Crippen LogP contribution in [0, 0.1) is 0 Å². The molecule has 2 aromatic heterocycles. The van der Waals surface area contributed by atoms with Gasteiger partial charge >= 0.3 is 0 Å². The molecule has 1 amide bonds. The van der Waals surface area contributed by atoms with Crippen LogP contribution in [0.25, 0.3) is 11.0 Å². The summed E-state index contributed by atoms with van der Waals surface area (Å²) in [5.74, 6) is -0.421. The van der Waals surface area contributed by atoms with E-state index in [1.165, 1.54) is 17.0 Å². The van der Waals surface area contributed by atoms with Crippen LogP contribution in [0.15, 0.2) is 51.0 Å². The first-order valence-corrected chi connectivity index (χ1v) is 10.2. The zero-order valence-electron chi connectivity index (χ0n) is 15.0. The molecule has 3 aromatic rings. The molecule has 28 heavy (non-hydrogen) atoms. The van der Waals surface area contributed by atoms with Crippen molar-refractivity contribution in [1.82, 2.24) is 10.2 Å². The van der Waals surface area contributed by atoms with E-state index in [2.05, 4.69) is 16.3 Å². The van der Waals surface area contributed by atoms with Gasteiger partial charge in [0.15, 0.2) is 11.2 Å². The SMILES string of the molecule is O=C(NCC(c1cccs1)N1CCOCC1)c1cc(=O)c2cc(Cl)ccc2o1. The zero-order valence-corrected chi connectivity index (χ0v) is 16.6. The summed E-state index contributed by atoms with van der Waals surface area (Å²) in [6.07, 6.45) is 0. The van der Waals surface area contributed by atoms with Gasteiger partial charge in [0.2, 0.25) is 0 Å². The molecule has 1 N–H and O–H groups in total. The highest BCUT2D eigenvalue weighted by molar-refractivity contribution is 7.10. The molecule has 8 heteroatoms. The van der Waals surface area contributed by atoms with E-state index in [9.17, 15) is 9.59 Å². The summed E-state index contributed by atoms with van der Waals surface area (Å²) in [7, 11) is 0. The van der Waals surface area contributed by atoms with Crippen LogP contribution in [-0.2, 0) is 4.74 Å². The van der Waals surface area contributed by atoms with Crippen molar-refractivity contribution < 1.29 is 13.9 Å². The summed E-state index contributed by atoms with van der Waals surface area (Å²) < 4.78 is 11.1. The first kappa shape index (κ1) is 19.1. The van der Waals surface area contributed by atoms with Crippen molar-refractivity contribution in [2.24, 2.45) is 0 Å². The van der Waals surface area contributed by atoms with E-state index in [0.29, 0.717) is 35.8 Å². The molecule has 1 atom stereocenters. The average Bonchev–Trinajstić information content (AvgIpc) is 3.24. The molecule has 0 radical (unpaired) electrons. The Morgan fingerprint density at radius 3 is 2.82 bits per heavy atom. The summed E-state index contributed by atoms with van der Waals surface area (Å²) in [6, 6.07) is 10.1. The molecule has 1 saturated heterocycles. The van der Waals surface area contributed by atoms with Crippen molar-refractivity contribution in [2.75, 3.05) is 32.8 Å². The molecule has 0 aliphatic carbocycles. The number of halogens is 1. The number of hydrogen-bond acceptors (Lipinski definition) is 6. The first-order valence-electron chi connectivity index (χ1n) is 8.98. The molecule has 1 unspecified atom stereocenters. The maximum absolute atomic E-state index is 12.7. The topological polar surface area (TPSA) is 71.8 Å². The maximum atomic E-state index is 12.7. The number of ether oxygens (including phenoxy) is 1. The first-order chi connectivity index (χ1) is 13.6. The van der Waals surface area contributed by atoms with Gasteiger partial charge in [0.25, 0.3) is 5.91 Å². The Bertz CT molecular complexity index is 1030. The molecule has 0 saturated carbocycles. The van der Waals surface area contributed by atoms with Crippen molar-refractivity contribution in [3.8, 4) is 0 Å². The van der Waals surface area contributed by atoms with Crippen LogP contribution in [0.4, 0.5) is 0 Å². The lowest BCUT2D eigenvalue weighted by atomic mass is 10.1. The van der Waals surface area contributed by atoms with E-state index < -0.39 is 5.91 Å². The van der Waals surface area contributed by atoms with Gasteiger partial charge in [-0.15, -0.1) is 11.3 Å². The van der Waals surface area contributed by atoms with Gasteiger partial charge in [0.1, 0.15) is 5.58 Å². The Morgan fingerprint density at radius 2 is 2.07 bits per heavy atom. The van der Waals surface area contributed by atoms with Gasteiger partial charge in [-0.3, -0.25) is 14.5 Å². The molecule has 4 rings (SSSR count). The van der Waals surface area contributed by atoms with Crippen LogP contribution in [0.2, 0.25) is 5.02 Å². The number of nitrogens with zero attached hydrogens (tertiary/aromatic N) is 1. The predicted octanol–water partition coefficient (Wildman–Crippen LogP) is 3.31. The molecular formula is C20H19ClN2O4S. The Kier molecular flexibility index (Phi) is 5.77. The second kappa shape index (κ2) is 8.45. The highest BCUT2D eigenvalue weighted by Gasteiger charge is 2.24. The van der Waals surface area contributed by atoms with Crippen LogP contribution in [-0.4, -0.2) is 43.7 Å². The fraction of sp³-hybridized carbons (Fsp3) is 0.300. The molecule has 1 aliphatic heterocycles. The second-order valence-electron chi connectivity index (χ2n) is 6.50. The third kappa shape index (κ3) is 4.12. The Morgan fingerprint density at radius 1 is 1.25 bits per heavy atom. The summed E-state index contributed by atoms with van der Waals surface area (Å²) in [4.78, 5) is 28.4. The largest absolute Gasteiger partial charge is 0.451 e. The van der Waals surface area contributed by atoms with Gasteiger partial charge in [0.05, 0.1) is 24.6 Å². The fourth-order valence-electron chi connectivity index (χ4n) is 3.30. The monoisotopic (exact) mass is 418 g/mol. The molecule has 146 valence electrons. The molecule has 6 nitrogen and oxygen atoms in total. The van der Waals surface area contributed by atoms with Gasteiger partial charge in [-0.05, 0) is 29.6 Å². The lowest BCUT2D eigenvalue weighted by Crippen LogP contribution is -2.43. The lowest BCUT2D eigenvalue weighted by molar-refractivity contribution is 0.0168. The number of hydrogen-bond donors (Lipinski definition) is 1. The quantitative estimate of drug-likeness (QED) is 0.688. The van der Waals surface area contributed by atoms with E-state index in [0.717, 1.165) is 13.1 Å². The van der Waals surface area contributed by atoms with Crippen LogP contribution >= 0.6 is 22.9 Å². The summed E-state index contributed by atoms with van der Waals surface area (Å²) in [5.41, 5.74) is 0.0434. The number of nitrogens with one attached hydrogen (secondary N) is 1. The molecule has 1 aromatic carbocycles. The molecule has 0 bridgehead atoms. The maximum Gasteiger partial charge on any atom is 0.287 e. The number of carbonyl (C=O) groups excluding carboxylic acids is 1. The van der Waals surface area contributed by atoms with Crippen molar-refractivity contribution in [1.29, 1.82) is 0 Å². The van der Waals surface area contributed by atoms with E-state index in [-0.39, 0.29) is 17.2 Å². The molecule has 1 aliphatic rings. The summed E-state index contributed by atoms with van der Waals surface area (Å²) >= 11 is 7.59. The Labute approximate surface area is 170 Å².